The molecule has 0 aliphatic carbocycles. The highest BCUT2D eigenvalue weighted by molar-refractivity contribution is 7.78. The fourth-order valence-electron chi connectivity index (χ4n) is 5.70. The van der Waals surface area contributed by atoms with Crippen molar-refractivity contribution in [3.05, 3.63) is 48.3 Å². The summed E-state index contributed by atoms with van der Waals surface area (Å²) in [5.41, 5.74) is -1.48. The van der Waals surface area contributed by atoms with Crippen molar-refractivity contribution in [2.45, 2.75) is 77.3 Å². The van der Waals surface area contributed by atoms with Gasteiger partial charge in [0.1, 0.15) is 0 Å². The van der Waals surface area contributed by atoms with E-state index in [2.05, 4.69) is 15.2 Å². The predicted octanol–water partition coefficient (Wildman–Crippen LogP) is 7.16. The van der Waals surface area contributed by atoms with Crippen LogP contribution >= 0.6 is 14.7 Å². The van der Waals surface area contributed by atoms with Gasteiger partial charge in [0.25, 0.3) is 5.15 Å². The zero-order valence-corrected chi connectivity index (χ0v) is 24.0. The van der Waals surface area contributed by atoms with Crippen molar-refractivity contribution in [1.29, 1.82) is 0 Å². The highest BCUT2D eigenvalue weighted by Crippen LogP contribution is 2.84. The third kappa shape index (κ3) is 3.93. The predicted molar refractivity (Wildman–Crippen MR) is 144 cm³/mol. The molecule has 198 valence electrons. The maximum Gasteiger partial charge on any atom is 0.270 e. The first kappa shape index (κ1) is 28.7. The van der Waals surface area contributed by atoms with E-state index < -0.39 is 48.5 Å². The van der Waals surface area contributed by atoms with Crippen LogP contribution < -0.4 is 0 Å². The molecule has 10 heteroatoms. The Kier molecular flexibility index (Phi) is 7.81. The van der Waals surface area contributed by atoms with Crippen molar-refractivity contribution in [2.75, 3.05) is 0 Å². The van der Waals surface area contributed by atoms with Crippen LogP contribution in [0, 0.1) is 11.8 Å². The summed E-state index contributed by atoms with van der Waals surface area (Å²) in [7, 11) is -9.78. The van der Waals surface area contributed by atoms with Gasteiger partial charge in [-0.1, -0.05) is 67.5 Å². The van der Waals surface area contributed by atoms with Gasteiger partial charge in [-0.15, -0.1) is 0 Å². The van der Waals surface area contributed by atoms with Crippen molar-refractivity contribution >= 4 is 25.6 Å². The van der Waals surface area contributed by atoms with Gasteiger partial charge in [0, 0.05) is 28.5 Å². The standard InChI is InChI=1S/C26H38FN3O4P2/c1-16(2)25(17(3)4,26(27,35(31,32)18(5)6)36(33,34)19(7)8)20-12-13-28-24(14-20)21-10-9-11-23-22(21)15-29-30-23/h9-19H,1-8H3,(H,29,30)(H,31,32)(H,33,34). The van der Waals surface area contributed by atoms with Crippen LogP contribution in [-0.2, 0) is 14.5 Å². The molecule has 3 N–H and O–H groups in total. The molecule has 7 nitrogen and oxygen atoms in total. The van der Waals surface area contributed by atoms with Crippen molar-refractivity contribution in [1.82, 2.24) is 15.2 Å². The van der Waals surface area contributed by atoms with Crippen LogP contribution in [-0.4, -0.2) is 41.4 Å². The fourth-order valence-corrected chi connectivity index (χ4v) is 12.4. The van der Waals surface area contributed by atoms with Crippen LogP contribution in [0.15, 0.2) is 42.7 Å². The molecule has 0 spiro atoms. The topological polar surface area (TPSA) is 116 Å². The van der Waals surface area contributed by atoms with Gasteiger partial charge in [-0.05, 0) is 35.6 Å². The molecule has 0 fully saturated rings. The molecule has 3 aromatic rings. The molecular formula is C26H38FN3O4P2. The Hall–Kier alpha value is -1.85. The Morgan fingerprint density at radius 3 is 1.97 bits per heavy atom. The van der Waals surface area contributed by atoms with Crippen molar-refractivity contribution in [3.63, 3.8) is 0 Å². The smallest absolute Gasteiger partial charge is 0.270 e. The average Bonchev–Trinajstić information content (AvgIpc) is 3.27. The van der Waals surface area contributed by atoms with Crippen LogP contribution in [0.1, 0.15) is 61.0 Å². The maximum atomic E-state index is 18.0. The summed E-state index contributed by atoms with van der Waals surface area (Å²) in [6.07, 6.45) is 3.21. The largest absolute Gasteiger partial charge is 0.342 e. The number of hydrogen-bond donors (Lipinski definition) is 3. The van der Waals surface area contributed by atoms with E-state index in [1.165, 1.54) is 33.9 Å². The van der Waals surface area contributed by atoms with Crippen molar-refractivity contribution < 1.29 is 23.3 Å². The summed E-state index contributed by atoms with van der Waals surface area (Å²) in [5.74, 6) is -1.22. The summed E-state index contributed by atoms with van der Waals surface area (Å²) in [6, 6.07) is 8.90. The number of benzene rings is 1. The molecule has 1 aromatic carbocycles. The zero-order chi connectivity index (χ0) is 27.3. The summed E-state index contributed by atoms with van der Waals surface area (Å²) in [6.45, 7) is 12.7. The van der Waals surface area contributed by atoms with E-state index in [4.69, 9.17) is 0 Å². The Morgan fingerprint density at radius 1 is 0.917 bits per heavy atom. The van der Waals surface area contributed by atoms with E-state index >= 15 is 4.39 Å². The highest BCUT2D eigenvalue weighted by Gasteiger charge is 2.75. The molecular weight excluding hydrogens is 499 g/mol. The Bertz CT molecular complexity index is 1300. The van der Waals surface area contributed by atoms with Crippen molar-refractivity contribution in [3.8, 4) is 11.3 Å². The molecule has 0 aliphatic rings. The number of halogens is 1. The van der Waals surface area contributed by atoms with Crippen LogP contribution in [0.25, 0.3) is 22.2 Å². The lowest BCUT2D eigenvalue weighted by molar-refractivity contribution is 0.0847. The molecule has 0 saturated heterocycles. The second kappa shape index (κ2) is 9.79. The highest BCUT2D eigenvalue weighted by atomic mass is 31.2. The van der Waals surface area contributed by atoms with Gasteiger partial charge >= 0.3 is 0 Å². The third-order valence-corrected chi connectivity index (χ3v) is 14.6. The van der Waals surface area contributed by atoms with E-state index in [9.17, 15) is 18.9 Å². The lowest BCUT2D eigenvalue weighted by Crippen LogP contribution is -2.56. The number of aromatic nitrogens is 3. The normalized spacial score (nSPS) is 18.1. The van der Waals surface area contributed by atoms with Gasteiger partial charge in [0.2, 0.25) is 14.7 Å². The Balaban J connectivity index is 2.48. The van der Waals surface area contributed by atoms with Gasteiger partial charge in [-0.25, -0.2) is 4.39 Å². The number of pyridine rings is 1. The first-order chi connectivity index (χ1) is 16.6. The number of hydrogen-bond acceptors (Lipinski definition) is 4. The molecule has 36 heavy (non-hydrogen) atoms. The van der Waals surface area contributed by atoms with Crippen molar-refractivity contribution in [2.24, 2.45) is 11.8 Å². The maximum absolute atomic E-state index is 18.0. The van der Waals surface area contributed by atoms with Gasteiger partial charge in [-0.2, -0.15) is 5.10 Å². The Labute approximate surface area is 212 Å². The number of aromatic amines is 1. The summed E-state index contributed by atoms with van der Waals surface area (Å²) in [4.78, 5) is 27.3. The summed E-state index contributed by atoms with van der Waals surface area (Å²) >= 11 is 0. The number of alkyl halides is 1. The first-order valence-electron chi connectivity index (χ1n) is 12.3. The average molecular weight is 538 g/mol. The molecule has 2 unspecified atom stereocenters. The SMILES string of the molecule is CC(C)C(c1ccnc(-c2cccc3[nH]ncc23)c1)(C(C)C)C(F)(P(=O)(O)C(C)C)P(=O)(O)C(C)C. The molecule has 0 amide bonds. The number of nitrogens with zero attached hydrogens (tertiary/aromatic N) is 2. The number of fused-ring (bicyclic) bond motifs is 1. The minimum Gasteiger partial charge on any atom is -0.342 e. The van der Waals surface area contributed by atoms with E-state index in [1.54, 1.807) is 46.0 Å². The molecule has 0 bridgehead atoms. The summed E-state index contributed by atoms with van der Waals surface area (Å²) in [5, 5.41) is 4.54. The first-order valence-corrected chi connectivity index (χ1v) is 15.8. The van der Waals surface area contributed by atoms with E-state index in [1.807, 2.05) is 18.2 Å². The van der Waals surface area contributed by atoms with E-state index in [0.717, 1.165) is 16.5 Å². The van der Waals surface area contributed by atoms with Gasteiger partial charge in [0.15, 0.2) is 0 Å². The monoisotopic (exact) mass is 537 g/mol. The van der Waals surface area contributed by atoms with E-state index in [-0.39, 0.29) is 0 Å². The van der Waals surface area contributed by atoms with Crippen LogP contribution in [0.4, 0.5) is 4.39 Å². The minimum atomic E-state index is -4.89. The van der Waals surface area contributed by atoms with E-state index in [0.29, 0.717) is 11.3 Å². The fraction of sp³-hybridized carbons (Fsp3) is 0.538. The van der Waals surface area contributed by atoms with Crippen LogP contribution in [0.3, 0.4) is 0 Å². The molecule has 2 heterocycles. The number of rotatable bonds is 9. The van der Waals surface area contributed by atoms with Crippen LogP contribution in [0.2, 0.25) is 0 Å². The lowest BCUT2D eigenvalue weighted by Gasteiger charge is -2.55. The van der Waals surface area contributed by atoms with Crippen LogP contribution in [0.5, 0.6) is 0 Å². The molecule has 2 aromatic heterocycles. The molecule has 2 atom stereocenters. The van der Waals surface area contributed by atoms with Gasteiger partial charge < -0.3 is 9.79 Å². The molecule has 0 radical (unpaired) electrons. The number of H-pyrrole nitrogens is 1. The summed E-state index contributed by atoms with van der Waals surface area (Å²) < 4.78 is 46.1. The second-order valence-electron chi connectivity index (χ2n) is 10.8. The Morgan fingerprint density at radius 2 is 1.47 bits per heavy atom. The molecule has 3 rings (SSSR count). The minimum absolute atomic E-state index is 0.366. The number of nitrogens with one attached hydrogen (secondary N) is 1. The molecule has 0 saturated carbocycles. The second-order valence-corrected chi connectivity index (χ2v) is 16.9. The third-order valence-electron chi connectivity index (χ3n) is 7.60. The van der Waals surface area contributed by atoms with Gasteiger partial charge in [0.05, 0.1) is 22.8 Å². The zero-order valence-electron chi connectivity index (χ0n) is 22.2. The quantitative estimate of drug-likeness (QED) is 0.250. The molecule has 0 aliphatic heterocycles. The lowest BCUT2D eigenvalue weighted by atomic mass is 9.65. The van der Waals surface area contributed by atoms with Gasteiger partial charge in [-0.3, -0.25) is 19.2 Å².